The van der Waals surface area contributed by atoms with Crippen molar-refractivity contribution in [2.75, 3.05) is 6.61 Å². The van der Waals surface area contributed by atoms with Crippen LogP contribution in [-0.4, -0.2) is 6.61 Å². The first-order chi connectivity index (χ1) is 7.19. The number of halogens is 2. The molecule has 81 valence electrons. The molecule has 1 aromatic carbocycles. The molecule has 1 N–H and O–H groups in total. The number of nitrogens with one attached hydrogen (secondary N) is 1. The molecule has 0 spiro atoms. The van der Waals surface area contributed by atoms with Crippen molar-refractivity contribution in [2.45, 2.75) is 18.9 Å². The third-order valence-corrected chi connectivity index (χ3v) is 2.75. The summed E-state index contributed by atoms with van der Waals surface area (Å²) in [5, 5.41) is 0. The van der Waals surface area contributed by atoms with Gasteiger partial charge in [-0.25, -0.2) is 8.78 Å². The quantitative estimate of drug-likeness (QED) is 0.812. The summed E-state index contributed by atoms with van der Waals surface area (Å²) in [6.45, 7) is 2.20. The van der Waals surface area contributed by atoms with Gasteiger partial charge in [0.15, 0.2) is 0 Å². The Balaban J connectivity index is 2.51. The van der Waals surface area contributed by atoms with Gasteiger partial charge >= 0.3 is 0 Å². The number of hydrogen-bond acceptors (Lipinski definition) is 2. The zero-order valence-electron chi connectivity index (χ0n) is 8.39. The standard InChI is InChI=1S/C11H12F2NO/c1-2-11(6-7-15-14-11)10-8(12)4-3-5-9(10)13/h2-5,14H,6-7H2,1H3. The van der Waals surface area contributed by atoms with Crippen LogP contribution in [0.5, 0.6) is 0 Å². The van der Waals surface area contributed by atoms with E-state index in [2.05, 4.69) is 5.48 Å². The third-order valence-electron chi connectivity index (χ3n) is 2.75. The fourth-order valence-corrected chi connectivity index (χ4v) is 1.89. The molecule has 4 heteroatoms. The lowest BCUT2D eigenvalue weighted by Crippen LogP contribution is -2.37. The van der Waals surface area contributed by atoms with E-state index in [4.69, 9.17) is 4.84 Å². The Kier molecular flexibility index (Phi) is 2.71. The molecule has 2 rings (SSSR count). The Morgan fingerprint density at radius 1 is 1.40 bits per heavy atom. The predicted octanol–water partition coefficient (Wildman–Crippen LogP) is 2.31. The molecule has 0 amide bonds. The van der Waals surface area contributed by atoms with Crippen molar-refractivity contribution < 1.29 is 13.6 Å². The first-order valence-electron chi connectivity index (χ1n) is 4.83. The van der Waals surface area contributed by atoms with Crippen molar-refractivity contribution in [1.29, 1.82) is 0 Å². The highest BCUT2D eigenvalue weighted by atomic mass is 19.1. The molecular formula is C11H12F2NO. The van der Waals surface area contributed by atoms with Gasteiger partial charge in [0.2, 0.25) is 0 Å². The molecule has 1 saturated heterocycles. The van der Waals surface area contributed by atoms with Crippen molar-refractivity contribution >= 4 is 0 Å². The molecule has 1 radical (unpaired) electrons. The van der Waals surface area contributed by atoms with Gasteiger partial charge in [0.05, 0.1) is 12.1 Å². The maximum atomic E-state index is 13.6. The zero-order chi connectivity index (χ0) is 10.9. The monoisotopic (exact) mass is 212 g/mol. The van der Waals surface area contributed by atoms with Crippen LogP contribution in [0, 0.1) is 18.1 Å². The van der Waals surface area contributed by atoms with Gasteiger partial charge in [-0.2, -0.15) is 5.48 Å². The zero-order valence-corrected chi connectivity index (χ0v) is 8.39. The molecule has 1 unspecified atom stereocenters. The minimum absolute atomic E-state index is 0.0324. The molecule has 0 aliphatic carbocycles. The normalized spacial score (nSPS) is 25.8. The summed E-state index contributed by atoms with van der Waals surface area (Å²) >= 11 is 0. The van der Waals surface area contributed by atoms with Gasteiger partial charge in [-0.1, -0.05) is 13.0 Å². The molecule has 2 nitrogen and oxygen atoms in total. The van der Waals surface area contributed by atoms with E-state index in [9.17, 15) is 8.78 Å². The predicted molar refractivity (Wildman–Crippen MR) is 51.7 cm³/mol. The van der Waals surface area contributed by atoms with Crippen molar-refractivity contribution in [3.63, 3.8) is 0 Å². The minimum Gasteiger partial charge on any atom is -0.301 e. The van der Waals surface area contributed by atoms with Crippen LogP contribution in [0.4, 0.5) is 8.78 Å². The van der Waals surface area contributed by atoms with E-state index in [0.717, 1.165) is 0 Å². The Morgan fingerprint density at radius 3 is 2.53 bits per heavy atom. The van der Waals surface area contributed by atoms with Gasteiger partial charge in [-0.15, -0.1) is 0 Å². The minimum atomic E-state index is -0.838. The number of rotatable bonds is 2. The second-order valence-electron chi connectivity index (χ2n) is 3.56. The molecule has 15 heavy (non-hydrogen) atoms. The Hall–Kier alpha value is -1.00. The van der Waals surface area contributed by atoms with Gasteiger partial charge in [0.1, 0.15) is 11.6 Å². The second-order valence-corrected chi connectivity index (χ2v) is 3.56. The molecule has 1 aliphatic rings. The molecule has 1 atom stereocenters. The van der Waals surface area contributed by atoms with E-state index in [0.29, 0.717) is 13.0 Å². The van der Waals surface area contributed by atoms with E-state index >= 15 is 0 Å². The molecule has 0 bridgehead atoms. The molecule has 1 fully saturated rings. The highest BCUT2D eigenvalue weighted by molar-refractivity contribution is 5.31. The maximum absolute atomic E-state index is 13.6. The van der Waals surface area contributed by atoms with Crippen molar-refractivity contribution in [2.24, 2.45) is 0 Å². The van der Waals surface area contributed by atoms with Crippen LogP contribution >= 0.6 is 0 Å². The van der Waals surface area contributed by atoms with Crippen molar-refractivity contribution in [1.82, 2.24) is 5.48 Å². The summed E-state index contributed by atoms with van der Waals surface area (Å²) in [6.07, 6.45) is 2.25. The van der Waals surface area contributed by atoms with Gasteiger partial charge in [0, 0.05) is 5.56 Å². The molecular weight excluding hydrogens is 200 g/mol. The average Bonchev–Trinajstić information content (AvgIpc) is 2.67. The van der Waals surface area contributed by atoms with E-state index < -0.39 is 17.2 Å². The Labute approximate surface area is 87.2 Å². The second kappa shape index (κ2) is 3.87. The molecule has 1 aromatic rings. The summed E-state index contributed by atoms with van der Waals surface area (Å²) < 4.78 is 27.2. The fraction of sp³-hybridized carbons (Fsp3) is 0.364. The summed E-state index contributed by atoms with van der Waals surface area (Å²) in [7, 11) is 0. The number of benzene rings is 1. The van der Waals surface area contributed by atoms with Crippen LogP contribution in [0.3, 0.4) is 0 Å². The van der Waals surface area contributed by atoms with Gasteiger partial charge < -0.3 is 4.84 Å². The lowest BCUT2D eigenvalue weighted by Gasteiger charge is -2.27. The number of hydroxylamine groups is 1. The van der Waals surface area contributed by atoms with E-state index in [-0.39, 0.29) is 5.56 Å². The van der Waals surface area contributed by atoms with Crippen LogP contribution in [0.15, 0.2) is 18.2 Å². The summed E-state index contributed by atoms with van der Waals surface area (Å²) in [4.78, 5) is 5.00. The molecule has 0 saturated carbocycles. The van der Waals surface area contributed by atoms with Gasteiger partial charge in [-0.05, 0) is 25.0 Å². The van der Waals surface area contributed by atoms with Crippen LogP contribution in [-0.2, 0) is 10.4 Å². The largest absolute Gasteiger partial charge is 0.301 e. The molecule has 1 aliphatic heterocycles. The average molecular weight is 212 g/mol. The van der Waals surface area contributed by atoms with Crippen molar-refractivity contribution in [3.05, 3.63) is 41.8 Å². The highest BCUT2D eigenvalue weighted by Crippen LogP contribution is 2.35. The lowest BCUT2D eigenvalue weighted by atomic mass is 9.85. The highest BCUT2D eigenvalue weighted by Gasteiger charge is 2.39. The van der Waals surface area contributed by atoms with E-state index in [1.165, 1.54) is 18.2 Å². The van der Waals surface area contributed by atoms with Crippen LogP contribution in [0.2, 0.25) is 0 Å². The van der Waals surface area contributed by atoms with Crippen molar-refractivity contribution in [3.8, 4) is 0 Å². The first kappa shape index (κ1) is 10.5. The molecule has 0 aromatic heterocycles. The smallest absolute Gasteiger partial charge is 0.131 e. The summed E-state index contributed by atoms with van der Waals surface area (Å²) in [6, 6.07) is 3.86. The van der Waals surface area contributed by atoms with Crippen LogP contribution in [0.1, 0.15) is 18.9 Å². The summed E-state index contributed by atoms with van der Waals surface area (Å²) in [5.41, 5.74) is 1.88. The van der Waals surface area contributed by atoms with Crippen LogP contribution in [0.25, 0.3) is 0 Å². The molecule has 1 heterocycles. The lowest BCUT2D eigenvalue weighted by molar-refractivity contribution is 0.0670. The van der Waals surface area contributed by atoms with Gasteiger partial charge in [0.25, 0.3) is 0 Å². The maximum Gasteiger partial charge on any atom is 0.131 e. The topological polar surface area (TPSA) is 21.3 Å². The summed E-state index contributed by atoms with van der Waals surface area (Å²) in [5.74, 6) is -1.10. The SMILES string of the molecule is C[CH]C1(c2c(F)cccc2F)CCON1. The van der Waals surface area contributed by atoms with Crippen LogP contribution < -0.4 is 5.48 Å². The first-order valence-corrected chi connectivity index (χ1v) is 4.83. The Morgan fingerprint density at radius 2 is 2.07 bits per heavy atom. The van der Waals surface area contributed by atoms with E-state index in [1.54, 1.807) is 13.3 Å². The number of hydrogen-bond donors (Lipinski definition) is 1. The van der Waals surface area contributed by atoms with Gasteiger partial charge in [-0.3, -0.25) is 0 Å². The third kappa shape index (κ3) is 1.64. The van der Waals surface area contributed by atoms with E-state index in [1.807, 2.05) is 0 Å². The fourth-order valence-electron chi connectivity index (χ4n) is 1.89. The Bertz CT molecular complexity index is 341.